The van der Waals surface area contributed by atoms with Gasteiger partial charge in [0.05, 0.1) is 0 Å². The Labute approximate surface area is 113 Å². The van der Waals surface area contributed by atoms with E-state index in [2.05, 4.69) is 19.0 Å². The number of piperidine rings is 1. The number of aromatic hydroxyl groups is 2. The number of benzene rings is 1. The van der Waals surface area contributed by atoms with Crippen LogP contribution in [0.4, 0.5) is 0 Å². The van der Waals surface area contributed by atoms with E-state index in [1.807, 2.05) is 0 Å². The number of phenolic OH excluding ortho intramolecular Hbond substituents is 2. The standard InChI is InChI=1S/C14H20N2O3/c1-15(2)11-5-7-16(8-6-11)14(19)10-3-4-12(17)13(18)9-10/h3-4,9,11,17-18H,5-8H2,1-2H3. The average Bonchev–Trinajstić information content (AvgIpc) is 2.41. The van der Waals surface area contributed by atoms with E-state index in [0.29, 0.717) is 11.6 Å². The molecule has 1 heterocycles. The molecule has 104 valence electrons. The summed E-state index contributed by atoms with van der Waals surface area (Å²) >= 11 is 0. The zero-order chi connectivity index (χ0) is 14.0. The summed E-state index contributed by atoms with van der Waals surface area (Å²) in [5.74, 6) is -0.551. The Bertz CT molecular complexity index is 466. The van der Waals surface area contributed by atoms with Crippen molar-refractivity contribution in [2.75, 3.05) is 27.2 Å². The number of carbonyl (C=O) groups excluding carboxylic acids is 1. The van der Waals surface area contributed by atoms with Crippen LogP contribution in [0.15, 0.2) is 18.2 Å². The Balaban J connectivity index is 2.03. The van der Waals surface area contributed by atoms with E-state index in [1.165, 1.54) is 18.2 Å². The number of likely N-dealkylation sites (tertiary alicyclic amines) is 1. The molecule has 2 N–H and O–H groups in total. The van der Waals surface area contributed by atoms with Crippen LogP contribution < -0.4 is 0 Å². The molecule has 1 saturated heterocycles. The van der Waals surface area contributed by atoms with Gasteiger partial charge in [0, 0.05) is 24.7 Å². The Morgan fingerprint density at radius 3 is 2.37 bits per heavy atom. The molecule has 0 spiro atoms. The molecule has 0 unspecified atom stereocenters. The SMILES string of the molecule is CN(C)C1CCN(C(=O)c2ccc(O)c(O)c2)CC1. The van der Waals surface area contributed by atoms with Gasteiger partial charge >= 0.3 is 0 Å². The lowest BCUT2D eigenvalue weighted by Crippen LogP contribution is -2.44. The van der Waals surface area contributed by atoms with Gasteiger partial charge in [0.25, 0.3) is 5.91 Å². The molecule has 5 heteroatoms. The van der Waals surface area contributed by atoms with Crippen LogP contribution in [0.3, 0.4) is 0 Å². The van der Waals surface area contributed by atoms with Gasteiger partial charge in [-0.1, -0.05) is 0 Å². The largest absolute Gasteiger partial charge is 0.504 e. The highest BCUT2D eigenvalue weighted by atomic mass is 16.3. The number of nitrogens with zero attached hydrogens (tertiary/aromatic N) is 2. The van der Waals surface area contributed by atoms with E-state index in [4.69, 9.17) is 0 Å². The summed E-state index contributed by atoms with van der Waals surface area (Å²) in [4.78, 5) is 16.2. The summed E-state index contributed by atoms with van der Waals surface area (Å²) < 4.78 is 0. The van der Waals surface area contributed by atoms with Gasteiger partial charge in [-0.2, -0.15) is 0 Å². The van der Waals surface area contributed by atoms with Crippen molar-refractivity contribution in [3.8, 4) is 11.5 Å². The zero-order valence-corrected chi connectivity index (χ0v) is 11.3. The summed E-state index contributed by atoms with van der Waals surface area (Å²) in [6, 6.07) is 4.72. The van der Waals surface area contributed by atoms with Crippen LogP contribution >= 0.6 is 0 Å². The first kappa shape index (κ1) is 13.7. The Morgan fingerprint density at radius 1 is 1.21 bits per heavy atom. The summed E-state index contributed by atoms with van der Waals surface area (Å²) in [5.41, 5.74) is 0.415. The monoisotopic (exact) mass is 264 g/mol. The summed E-state index contributed by atoms with van der Waals surface area (Å²) in [6.07, 6.45) is 1.92. The summed E-state index contributed by atoms with van der Waals surface area (Å²) in [6.45, 7) is 1.45. The lowest BCUT2D eigenvalue weighted by Gasteiger charge is -2.35. The minimum Gasteiger partial charge on any atom is -0.504 e. The van der Waals surface area contributed by atoms with Crippen molar-refractivity contribution in [1.29, 1.82) is 0 Å². The molecule has 0 radical (unpaired) electrons. The fourth-order valence-electron chi connectivity index (χ4n) is 2.42. The second-order valence-electron chi connectivity index (χ2n) is 5.19. The molecule has 0 aliphatic carbocycles. The molecule has 0 aromatic heterocycles. The Hall–Kier alpha value is -1.75. The number of rotatable bonds is 2. The second-order valence-corrected chi connectivity index (χ2v) is 5.19. The highest BCUT2D eigenvalue weighted by molar-refractivity contribution is 5.95. The maximum Gasteiger partial charge on any atom is 0.253 e. The second kappa shape index (κ2) is 5.48. The molecular weight excluding hydrogens is 244 g/mol. The third kappa shape index (κ3) is 2.98. The summed E-state index contributed by atoms with van der Waals surface area (Å²) in [5, 5.41) is 18.7. The average molecular weight is 264 g/mol. The molecule has 1 aliphatic heterocycles. The molecule has 1 fully saturated rings. The molecule has 0 saturated carbocycles. The first-order valence-electron chi connectivity index (χ1n) is 6.46. The topological polar surface area (TPSA) is 64.0 Å². The molecule has 1 aromatic rings. The normalized spacial score (nSPS) is 16.9. The molecule has 0 bridgehead atoms. The zero-order valence-electron chi connectivity index (χ0n) is 11.3. The van der Waals surface area contributed by atoms with Gasteiger partial charge in [-0.05, 0) is 45.1 Å². The quantitative estimate of drug-likeness (QED) is 0.789. The van der Waals surface area contributed by atoms with Crippen molar-refractivity contribution in [1.82, 2.24) is 9.80 Å². The van der Waals surface area contributed by atoms with Crippen LogP contribution in [-0.4, -0.2) is 59.1 Å². The van der Waals surface area contributed by atoms with Crippen LogP contribution in [0.1, 0.15) is 23.2 Å². The fourth-order valence-corrected chi connectivity index (χ4v) is 2.42. The van der Waals surface area contributed by atoms with Gasteiger partial charge in [-0.25, -0.2) is 0 Å². The molecule has 0 atom stereocenters. The first-order valence-corrected chi connectivity index (χ1v) is 6.46. The van der Waals surface area contributed by atoms with E-state index < -0.39 is 0 Å². The van der Waals surface area contributed by atoms with Crippen LogP contribution in [0, 0.1) is 0 Å². The van der Waals surface area contributed by atoms with Gasteiger partial charge in [0.15, 0.2) is 11.5 Å². The van der Waals surface area contributed by atoms with E-state index in [-0.39, 0.29) is 17.4 Å². The maximum atomic E-state index is 12.3. The van der Waals surface area contributed by atoms with Crippen molar-refractivity contribution in [3.63, 3.8) is 0 Å². The third-order valence-corrected chi connectivity index (χ3v) is 3.70. The molecule has 1 aromatic carbocycles. The molecule has 1 aliphatic rings. The predicted octanol–water partition coefficient (Wildman–Crippen LogP) is 1.26. The van der Waals surface area contributed by atoms with E-state index in [0.717, 1.165) is 25.9 Å². The summed E-state index contributed by atoms with van der Waals surface area (Å²) in [7, 11) is 4.11. The molecular formula is C14H20N2O3. The van der Waals surface area contributed by atoms with Gasteiger partial charge in [0.1, 0.15) is 0 Å². The van der Waals surface area contributed by atoms with Crippen LogP contribution in [-0.2, 0) is 0 Å². The van der Waals surface area contributed by atoms with Crippen molar-refractivity contribution in [3.05, 3.63) is 23.8 Å². The maximum absolute atomic E-state index is 12.3. The highest BCUT2D eigenvalue weighted by Crippen LogP contribution is 2.26. The predicted molar refractivity (Wildman–Crippen MR) is 72.4 cm³/mol. The van der Waals surface area contributed by atoms with Crippen LogP contribution in [0.5, 0.6) is 11.5 Å². The smallest absolute Gasteiger partial charge is 0.253 e. The Kier molecular flexibility index (Phi) is 3.95. The molecule has 19 heavy (non-hydrogen) atoms. The van der Waals surface area contributed by atoms with E-state index >= 15 is 0 Å². The number of amides is 1. The lowest BCUT2D eigenvalue weighted by atomic mass is 10.0. The molecule has 1 amide bonds. The van der Waals surface area contributed by atoms with Gasteiger partial charge < -0.3 is 20.0 Å². The number of carbonyl (C=O) groups is 1. The minimum absolute atomic E-state index is 0.0903. The van der Waals surface area contributed by atoms with Crippen molar-refractivity contribution >= 4 is 5.91 Å². The van der Waals surface area contributed by atoms with Crippen LogP contribution in [0.25, 0.3) is 0 Å². The van der Waals surface area contributed by atoms with E-state index in [9.17, 15) is 15.0 Å². The Morgan fingerprint density at radius 2 is 1.84 bits per heavy atom. The lowest BCUT2D eigenvalue weighted by molar-refractivity contribution is 0.0663. The first-order chi connectivity index (χ1) is 8.99. The third-order valence-electron chi connectivity index (χ3n) is 3.70. The fraction of sp³-hybridized carbons (Fsp3) is 0.500. The molecule has 2 rings (SSSR count). The van der Waals surface area contributed by atoms with Gasteiger partial charge in [-0.3, -0.25) is 4.79 Å². The highest BCUT2D eigenvalue weighted by Gasteiger charge is 2.24. The van der Waals surface area contributed by atoms with E-state index in [1.54, 1.807) is 4.90 Å². The van der Waals surface area contributed by atoms with Crippen molar-refractivity contribution in [2.45, 2.75) is 18.9 Å². The number of hydrogen-bond donors (Lipinski definition) is 2. The number of hydrogen-bond acceptors (Lipinski definition) is 4. The van der Waals surface area contributed by atoms with Crippen molar-refractivity contribution in [2.24, 2.45) is 0 Å². The number of phenols is 2. The van der Waals surface area contributed by atoms with Gasteiger partial charge in [-0.15, -0.1) is 0 Å². The van der Waals surface area contributed by atoms with Crippen LogP contribution in [0.2, 0.25) is 0 Å². The van der Waals surface area contributed by atoms with Crippen molar-refractivity contribution < 1.29 is 15.0 Å². The minimum atomic E-state index is -0.256. The molecule has 5 nitrogen and oxygen atoms in total. The van der Waals surface area contributed by atoms with Gasteiger partial charge in [0.2, 0.25) is 0 Å².